The van der Waals surface area contributed by atoms with E-state index < -0.39 is 11.0 Å². The molecule has 0 bridgehead atoms. The van der Waals surface area contributed by atoms with Crippen molar-refractivity contribution >= 4 is 23.5 Å². The van der Waals surface area contributed by atoms with E-state index in [0.717, 1.165) is 70.5 Å². The number of carbonyl (C=O) groups excluding carboxylic acids is 3. The Hall–Kier alpha value is -2.68. The highest BCUT2D eigenvalue weighted by Crippen LogP contribution is 2.44. The van der Waals surface area contributed by atoms with Crippen molar-refractivity contribution in [2.24, 2.45) is 5.41 Å². The van der Waals surface area contributed by atoms with E-state index in [1.165, 1.54) is 19.1 Å². The molecule has 1 aromatic carbocycles. The maximum atomic E-state index is 13.5. The third kappa shape index (κ3) is 5.67. The number of ether oxygens (including phenoxy) is 1. The molecule has 1 aliphatic carbocycles. The molecule has 3 aliphatic heterocycles. The molecule has 1 aromatic rings. The van der Waals surface area contributed by atoms with Crippen LogP contribution < -0.4 is 10.2 Å². The van der Waals surface area contributed by atoms with E-state index in [2.05, 4.69) is 15.1 Å². The van der Waals surface area contributed by atoms with Gasteiger partial charge in [-0.2, -0.15) is 0 Å². The summed E-state index contributed by atoms with van der Waals surface area (Å²) in [5, 5.41) is 2.99. The summed E-state index contributed by atoms with van der Waals surface area (Å²) >= 11 is 0. The van der Waals surface area contributed by atoms with Crippen LogP contribution in [0.2, 0.25) is 0 Å². The Morgan fingerprint density at radius 3 is 2.26 bits per heavy atom. The van der Waals surface area contributed by atoms with Gasteiger partial charge in [0.25, 0.3) is 0 Å². The van der Waals surface area contributed by atoms with Gasteiger partial charge in [0.05, 0.1) is 5.41 Å². The van der Waals surface area contributed by atoms with Gasteiger partial charge in [-0.15, -0.1) is 0 Å². The number of cyclic esters (lactones) is 1. The summed E-state index contributed by atoms with van der Waals surface area (Å²) in [4.78, 5) is 45.0. The second kappa shape index (κ2) is 11.2. The minimum atomic E-state index is -0.784. The van der Waals surface area contributed by atoms with E-state index in [0.29, 0.717) is 38.8 Å². The number of piperidine rings is 1. The van der Waals surface area contributed by atoms with Gasteiger partial charge in [-0.05, 0) is 56.4 Å². The van der Waals surface area contributed by atoms with Gasteiger partial charge >= 0.3 is 5.97 Å². The van der Waals surface area contributed by atoms with Crippen LogP contribution in [0.1, 0.15) is 64.7 Å². The fourth-order valence-electron chi connectivity index (χ4n) is 6.94. The Morgan fingerprint density at radius 2 is 1.63 bits per heavy atom. The Kier molecular flexibility index (Phi) is 7.93. The predicted octanol–water partition coefficient (Wildman–Crippen LogP) is 3.10. The minimum absolute atomic E-state index is 0.0185. The van der Waals surface area contributed by atoms with Crippen LogP contribution in [0.15, 0.2) is 24.3 Å². The van der Waals surface area contributed by atoms with Crippen molar-refractivity contribution in [3.63, 3.8) is 0 Å². The Bertz CT molecular complexity index is 1010. The minimum Gasteiger partial charge on any atom is -0.462 e. The molecule has 1 spiro atoms. The molecule has 208 valence electrons. The third-order valence-electron chi connectivity index (χ3n) is 9.20. The topological polar surface area (TPSA) is 82.2 Å². The molecule has 3 saturated heterocycles. The van der Waals surface area contributed by atoms with Crippen molar-refractivity contribution in [2.75, 3.05) is 50.7 Å². The van der Waals surface area contributed by atoms with Crippen LogP contribution in [0.25, 0.3) is 0 Å². The van der Waals surface area contributed by atoms with E-state index in [-0.39, 0.29) is 29.7 Å². The lowest BCUT2D eigenvalue weighted by molar-refractivity contribution is -0.154. The van der Waals surface area contributed by atoms with Crippen LogP contribution in [0.4, 0.5) is 10.1 Å². The van der Waals surface area contributed by atoms with Crippen molar-refractivity contribution in [3.8, 4) is 0 Å². The quantitative estimate of drug-likeness (QED) is 0.572. The van der Waals surface area contributed by atoms with Crippen LogP contribution >= 0.6 is 0 Å². The molecule has 3 heterocycles. The van der Waals surface area contributed by atoms with Gasteiger partial charge in [-0.25, -0.2) is 4.39 Å². The first-order chi connectivity index (χ1) is 18.3. The maximum Gasteiger partial charge on any atom is 0.312 e. The Balaban J connectivity index is 1.09. The number of nitrogens with one attached hydrogen (secondary N) is 1. The van der Waals surface area contributed by atoms with E-state index in [1.807, 2.05) is 17.0 Å². The number of anilines is 1. The fourth-order valence-corrected chi connectivity index (χ4v) is 6.94. The van der Waals surface area contributed by atoms with Crippen LogP contribution in [0.3, 0.4) is 0 Å². The normalized spacial score (nSPS) is 25.3. The van der Waals surface area contributed by atoms with E-state index in [9.17, 15) is 18.8 Å². The summed E-state index contributed by atoms with van der Waals surface area (Å²) in [5.41, 5.74) is -0.223. The number of halogens is 1. The molecule has 38 heavy (non-hydrogen) atoms. The van der Waals surface area contributed by atoms with E-state index in [1.54, 1.807) is 0 Å². The van der Waals surface area contributed by atoms with Gasteiger partial charge in [-0.3, -0.25) is 19.3 Å². The molecule has 8 nitrogen and oxygen atoms in total. The van der Waals surface area contributed by atoms with Crippen LogP contribution in [-0.4, -0.2) is 85.0 Å². The number of carbonyl (C=O) groups is 3. The number of nitrogens with zero attached hydrogens (tertiary/aromatic N) is 3. The monoisotopic (exact) mass is 528 g/mol. The van der Waals surface area contributed by atoms with Crippen molar-refractivity contribution in [1.29, 1.82) is 0 Å². The molecular weight excluding hydrogens is 487 g/mol. The molecule has 0 aromatic heterocycles. The predicted molar refractivity (Wildman–Crippen MR) is 142 cm³/mol. The summed E-state index contributed by atoms with van der Waals surface area (Å²) < 4.78 is 19.1. The molecular formula is C29H41FN4O4. The van der Waals surface area contributed by atoms with Crippen LogP contribution in [-0.2, 0) is 19.1 Å². The van der Waals surface area contributed by atoms with Crippen molar-refractivity contribution in [2.45, 2.75) is 76.4 Å². The van der Waals surface area contributed by atoms with E-state index >= 15 is 0 Å². The zero-order valence-corrected chi connectivity index (χ0v) is 22.6. The van der Waals surface area contributed by atoms with E-state index in [4.69, 9.17) is 4.74 Å². The summed E-state index contributed by atoms with van der Waals surface area (Å²) in [6.07, 6.45) is 7.07. The number of likely N-dealkylation sites (tertiary alicyclic amines) is 1. The Morgan fingerprint density at radius 1 is 0.974 bits per heavy atom. The number of hydrogen-bond donors (Lipinski definition) is 1. The highest BCUT2D eigenvalue weighted by Gasteiger charge is 2.52. The molecule has 1 atom stereocenters. The van der Waals surface area contributed by atoms with Crippen molar-refractivity contribution in [1.82, 2.24) is 15.1 Å². The first kappa shape index (κ1) is 26.9. The lowest BCUT2D eigenvalue weighted by Crippen LogP contribution is -2.61. The SMILES string of the molecule is CC(=O)NC1(C(=O)N2CCC3(CC2)C[C@H](CCN2CCN(c4ccc(F)cc4)CC2)OC3=O)CCCCC1. The third-order valence-corrected chi connectivity index (χ3v) is 9.20. The lowest BCUT2D eigenvalue weighted by atomic mass is 9.74. The van der Waals surface area contributed by atoms with Crippen LogP contribution in [0, 0.1) is 11.2 Å². The van der Waals surface area contributed by atoms with Gasteiger partial charge < -0.3 is 19.9 Å². The van der Waals surface area contributed by atoms with Gasteiger partial charge in [0.1, 0.15) is 17.5 Å². The zero-order chi connectivity index (χ0) is 26.8. The van der Waals surface area contributed by atoms with Gasteiger partial charge in [0, 0.05) is 64.8 Å². The standard InChI is InChI=1S/C29H41FN4O4/c1-22(35)31-29(10-3-2-4-11-29)26(36)34-15-12-28(13-16-34)21-25(38-27(28)37)9-14-32-17-19-33(20-18-32)24-7-5-23(30)6-8-24/h5-8,25H,2-4,9-21H2,1H3,(H,31,35)/t25-/m0/s1. The largest absolute Gasteiger partial charge is 0.462 e. The Labute approximate surface area is 224 Å². The molecule has 0 unspecified atom stereocenters. The van der Waals surface area contributed by atoms with Crippen molar-refractivity contribution in [3.05, 3.63) is 30.1 Å². The first-order valence-corrected chi connectivity index (χ1v) is 14.3. The molecule has 5 rings (SSSR count). The zero-order valence-electron chi connectivity index (χ0n) is 22.6. The second-order valence-corrected chi connectivity index (χ2v) is 11.7. The summed E-state index contributed by atoms with van der Waals surface area (Å²) in [6, 6.07) is 6.67. The number of piperazine rings is 1. The lowest BCUT2D eigenvalue weighted by Gasteiger charge is -2.43. The highest BCUT2D eigenvalue weighted by molar-refractivity contribution is 5.91. The average molecular weight is 529 g/mol. The molecule has 0 radical (unpaired) electrons. The summed E-state index contributed by atoms with van der Waals surface area (Å²) in [6.45, 7) is 7.07. The molecule has 9 heteroatoms. The van der Waals surface area contributed by atoms with Gasteiger partial charge in [0.15, 0.2) is 0 Å². The first-order valence-electron chi connectivity index (χ1n) is 14.3. The molecule has 4 aliphatic rings. The second-order valence-electron chi connectivity index (χ2n) is 11.7. The van der Waals surface area contributed by atoms with Crippen LogP contribution in [0.5, 0.6) is 0 Å². The van der Waals surface area contributed by atoms with Gasteiger partial charge in [0.2, 0.25) is 11.8 Å². The average Bonchev–Trinajstić information content (AvgIpc) is 3.22. The number of benzene rings is 1. The highest BCUT2D eigenvalue weighted by atomic mass is 19.1. The molecule has 1 N–H and O–H groups in total. The molecule has 2 amide bonds. The maximum absolute atomic E-state index is 13.5. The number of esters is 1. The number of amides is 2. The molecule has 4 fully saturated rings. The van der Waals surface area contributed by atoms with Gasteiger partial charge in [-0.1, -0.05) is 19.3 Å². The number of hydrogen-bond acceptors (Lipinski definition) is 6. The molecule has 1 saturated carbocycles. The van der Waals surface area contributed by atoms with Crippen molar-refractivity contribution < 1.29 is 23.5 Å². The summed E-state index contributed by atoms with van der Waals surface area (Å²) in [5.74, 6) is -0.464. The fraction of sp³-hybridized carbons (Fsp3) is 0.690. The summed E-state index contributed by atoms with van der Waals surface area (Å²) in [7, 11) is 0. The number of rotatable bonds is 6. The smallest absolute Gasteiger partial charge is 0.312 e.